The van der Waals surface area contributed by atoms with Gasteiger partial charge in [-0.05, 0) is 25.1 Å². The minimum atomic E-state index is -0.458. The molecular weight excluding hydrogens is 480 g/mol. The van der Waals surface area contributed by atoms with E-state index in [-0.39, 0.29) is 11.1 Å². The summed E-state index contributed by atoms with van der Waals surface area (Å²) >= 11 is 12.3. The van der Waals surface area contributed by atoms with Crippen LogP contribution in [0.25, 0.3) is 11.3 Å². The van der Waals surface area contributed by atoms with Gasteiger partial charge in [-0.1, -0.05) is 23.2 Å². The van der Waals surface area contributed by atoms with Crippen LogP contribution < -0.4 is 14.7 Å². The number of rotatable bonds is 4. The van der Waals surface area contributed by atoms with Crippen molar-refractivity contribution >= 4 is 40.8 Å². The Balaban J connectivity index is 1.47. The molecule has 1 atom stereocenters. The third-order valence-corrected chi connectivity index (χ3v) is 6.62. The van der Waals surface area contributed by atoms with Crippen molar-refractivity contribution in [3.63, 3.8) is 0 Å². The molecule has 4 heterocycles. The summed E-state index contributed by atoms with van der Waals surface area (Å²) in [5.74, 6) is 1.67. The number of morpholine rings is 1. The van der Waals surface area contributed by atoms with E-state index in [9.17, 15) is 4.39 Å². The highest BCUT2D eigenvalue weighted by Gasteiger charge is 2.28. The average molecular weight is 504 g/mol. The van der Waals surface area contributed by atoms with Crippen molar-refractivity contribution in [2.45, 2.75) is 13.0 Å². The van der Waals surface area contributed by atoms with E-state index in [2.05, 4.69) is 31.6 Å². The molecule has 178 valence electrons. The van der Waals surface area contributed by atoms with Gasteiger partial charge < -0.3 is 19.4 Å². The van der Waals surface area contributed by atoms with E-state index in [1.165, 1.54) is 6.07 Å². The van der Waals surface area contributed by atoms with E-state index < -0.39 is 5.82 Å². The molecule has 0 unspecified atom stereocenters. The molecule has 2 fully saturated rings. The molecule has 11 heteroatoms. The van der Waals surface area contributed by atoms with Gasteiger partial charge in [0.15, 0.2) is 11.0 Å². The van der Waals surface area contributed by atoms with E-state index >= 15 is 0 Å². The van der Waals surface area contributed by atoms with Gasteiger partial charge in [0.2, 0.25) is 5.95 Å². The standard InChI is InChI=1S/C23H24Cl2FN7O/c1-15-14-32(22-21(25)27-4-5-28-22)6-7-33(15)20-13-19(16-2-3-18(26)17(24)12-16)29-23(30-20)31-8-10-34-11-9-31/h2-5,12-13,15H,6-11,14H2,1H3/t15-/m1/s1. The topological polar surface area (TPSA) is 70.5 Å². The highest BCUT2D eigenvalue weighted by molar-refractivity contribution is 6.31. The Morgan fingerprint density at radius 2 is 1.76 bits per heavy atom. The Hall–Kier alpha value is -2.75. The molecule has 0 bridgehead atoms. The molecule has 0 spiro atoms. The predicted molar refractivity (Wildman–Crippen MR) is 132 cm³/mol. The maximum absolute atomic E-state index is 13.8. The molecule has 0 aliphatic carbocycles. The van der Waals surface area contributed by atoms with Gasteiger partial charge in [0.1, 0.15) is 11.6 Å². The molecule has 1 aromatic carbocycles. The number of benzene rings is 1. The minimum absolute atomic E-state index is 0.0633. The number of ether oxygens (including phenoxy) is 1. The number of anilines is 3. The molecule has 2 saturated heterocycles. The van der Waals surface area contributed by atoms with E-state index in [4.69, 9.17) is 37.9 Å². The third kappa shape index (κ3) is 4.73. The Bertz CT molecular complexity index is 1180. The lowest BCUT2D eigenvalue weighted by Crippen LogP contribution is -2.53. The molecule has 0 saturated carbocycles. The SMILES string of the molecule is C[C@@H]1CN(c2nccnc2Cl)CCN1c1cc(-c2ccc(F)c(Cl)c2)nc(N2CCOCC2)n1. The van der Waals surface area contributed by atoms with Crippen molar-refractivity contribution < 1.29 is 9.13 Å². The molecule has 2 aromatic heterocycles. The smallest absolute Gasteiger partial charge is 0.228 e. The van der Waals surface area contributed by atoms with Crippen molar-refractivity contribution in [2.24, 2.45) is 0 Å². The van der Waals surface area contributed by atoms with E-state index in [0.717, 1.165) is 24.5 Å². The van der Waals surface area contributed by atoms with Crippen molar-refractivity contribution in [3.8, 4) is 11.3 Å². The monoisotopic (exact) mass is 503 g/mol. The first-order chi connectivity index (χ1) is 16.5. The Kier molecular flexibility index (Phi) is 6.67. The quantitative estimate of drug-likeness (QED) is 0.530. The molecule has 3 aromatic rings. The fourth-order valence-electron chi connectivity index (χ4n) is 4.29. The van der Waals surface area contributed by atoms with Crippen molar-refractivity contribution in [1.82, 2.24) is 19.9 Å². The molecule has 0 radical (unpaired) electrons. The number of hydrogen-bond acceptors (Lipinski definition) is 8. The van der Waals surface area contributed by atoms with E-state index in [1.807, 2.05) is 6.07 Å². The largest absolute Gasteiger partial charge is 0.378 e. The second-order valence-corrected chi connectivity index (χ2v) is 9.06. The highest BCUT2D eigenvalue weighted by Crippen LogP contribution is 2.31. The second-order valence-electron chi connectivity index (χ2n) is 8.30. The van der Waals surface area contributed by atoms with Crippen molar-refractivity contribution in [1.29, 1.82) is 0 Å². The predicted octanol–water partition coefficient (Wildman–Crippen LogP) is 3.93. The van der Waals surface area contributed by atoms with Crippen LogP contribution >= 0.6 is 23.2 Å². The van der Waals surface area contributed by atoms with Gasteiger partial charge in [-0.25, -0.2) is 19.3 Å². The third-order valence-electron chi connectivity index (χ3n) is 6.07. The van der Waals surface area contributed by atoms with E-state index in [0.29, 0.717) is 55.5 Å². The number of nitrogens with zero attached hydrogens (tertiary/aromatic N) is 7. The van der Waals surface area contributed by atoms with Crippen LogP contribution in [0.3, 0.4) is 0 Å². The van der Waals surface area contributed by atoms with Crippen LogP contribution in [0.2, 0.25) is 10.2 Å². The first-order valence-electron chi connectivity index (χ1n) is 11.1. The van der Waals surface area contributed by atoms with Gasteiger partial charge >= 0.3 is 0 Å². The van der Waals surface area contributed by atoms with Gasteiger partial charge in [-0.15, -0.1) is 0 Å². The van der Waals surface area contributed by atoms with E-state index in [1.54, 1.807) is 24.5 Å². The molecule has 0 N–H and O–H groups in total. The minimum Gasteiger partial charge on any atom is -0.378 e. The first-order valence-corrected chi connectivity index (χ1v) is 11.9. The summed E-state index contributed by atoms with van der Waals surface area (Å²) in [5.41, 5.74) is 1.43. The summed E-state index contributed by atoms with van der Waals surface area (Å²) in [6.07, 6.45) is 3.24. The Morgan fingerprint density at radius 3 is 2.50 bits per heavy atom. The Labute approximate surface area is 207 Å². The van der Waals surface area contributed by atoms with Crippen LogP contribution in [0, 0.1) is 5.82 Å². The van der Waals surface area contributed by atoms with Gasteiger partial charge in [0, 0.05) is 62.8 Å². The molecule has 8 nitrogen and oxygen atoms in total. The maximum Gasteiger partial charge on any atom is 0.228 e. The van der Waals surface area contributed by atoms with Gasteiger partial charge in [0.05, 0.1) is 23.9 Å². The summed E-state index contributed by atoms with van der Waals surface area (Å²) in [7, 11) is 0. The van der Waals surface area contributed by atoms with Crippen LogP contribution in [-0.2, 0) is 4.74 Å². The zero-order valence-electron chi connectivity index (χ0n) is 18.7. The lowest BCUT2D eigenvalue weighted by atomic mass is 10.1. The van der Waals surface area contributed by atoms with Crippen LogP contribution in [-0.4, -0.2) is 71.9 Å². The van der Waals surface area contributed by atoms with Crippen molar-refractivity contribution in [3.05, 3.63) is 52.7 Å². The molecule has 0 amide bonds. The fraction of sp³-hybridized carbons (Fsp3) is 0.391. The van der Waals surface area contributed by atoms with Gasteiger partial charge in [-0.2, -0.15) is 4.98 Å². The summed E-state index contributed by atoms with van der Waals surface area (Å²) in [6.45, 7) is 6.96. The summed E-state index contributed by atoms with van der Waals surface area (Å²) in [6, 6.07) is 6.72. The lowest BCUT2D eigenvalue weighted by molar-refractivity contribution is 0.122. The second kappa shape index (κ2) is 9.85. The summed E-state index contributed by atoms with van der Waals surface area (Å²) < 4.78 is 19.3. The first kappa shape index (κ1) is 23.0. The highest BCUT2D eigenvalue weighted by atomic mass is 35.5. The number of hydrogen-bond donors (Lipinski definition) is 0. The molecule has 34 heavy (non-hydrogen) atoms. The average Bonchev–Trinajstić information content (AvgIpc) is 2.86. The molecule has 5 rings (SSSR count). The van der Waals surface area contributed by atoms with Crippen molar-refractivity contribution in [2.75, 3.05) is 60.6 Å². The van der Waals surface area contributed by atoms with Gasteiger partial charge in [0.25, 0.3) is 0 Å². The zero-order chi connectivity index (χ0) is 23.7. The van der Waals surface area contributed by atoms with Crippen LogP contribution in [0.1, 0.15) is 6.92 Å². The molecular formula is C23H24Cl2FN7O. The van der Waals surface area contributed by atoms with Crippen LogP contribution in [0.4, 0.5) is 22.0 Å². The summed E-state index contributed by atoms with van der Waals surface area (Å²) in [5, 5.41) is 0.462. The number of piperazine rings is 1. The maximum atomic E-state index is 13.8. The number of halogens is 3. The van der Waals surface area contributed by atoms with Gasteiger partial charge in [-0.3, -0.25) is 0 Å². The molecule has 2 aliphatic rings. The lowest BCUT2D eigenvalue weighted by Gasteiger charge is -2.41. The summed E-state index contributed by atoms with van der Waals surface area (Å²) in [4.78, 5) is 24.8. The van der Waals surface area contributed by atoms with Crippen LogP contribution in [0.15, 0.2) is 36.7 Å². The number of aromatic nitrogens is 4. The fourth-order valence-corrected chi connectivity index (χ4v) is 4.70. The van der Waals surface area contributed by atoms with Crippen LogP contribution in [0.5, 0.6) is 0 Å². The normalized spacial score (nSPS) is 18.9. The zero-order valence-corrected chi connectivity index (χ0v) is 20.2. The Morgan fingerprint density at radius 1 is 0.971 bits per heavy atom. The molecule has 2 aliphatic heterocycles.